The predicted molar refractivity (Wildman–Crippen MR) is 77.8 cm³/mol. The number of hydrogen-bond donors (Lipinski definition) is 0. The first kappa shape index (κ1) is 14.4. The molecular weight excluding hydrogens is 204 g/mol. The lowest BCUT2D eigenvalue weighted by Gasteiger charge is -2.14. The first-order valence-electron chi connectivity index (χ1n) is 7.06. The third kappa shape index (κ3) is 5.02. The molecule has 0 fully saturated rings. The smallest absolute Gasteiger partial charge is 0.0852 e. The van der Waals surface area contributed by atoms with E-state index in [1.807, 2.05) is 0 Å². The molecule has 0 saturated heterocycles. The second-order valence-electron chi connectivity index (χ2n) is 6.53. The highest BCUT2D eigenvalue weighted by Gasteiger charge is 2.30. The molecule has 0 bridgehead atoms. The summed E-state index contributed by atoms with van der Waals surface area (Å²) in [6.45, 7) is 15.5. The number of allylic oxidation sites excluding steroid dienone is 4. The maximum atomic E-state index is 4.17. The molecule has 0 aromatic heterocycles. The highest BCUT2D eigenvalue weighted by molar-refractivity contribution is 5.40. The van der Waals surface area contributed by atoms with Gasteiger partial charge < -0.3 is 0 Å². The van der Waals surface area contributed by atoms with Crippen LogP contribution < -0.4 is 0 Å². The lowest BCUT2D eigenvalue weighted by molar-refractivity contribution is 0.382. The monoisotopic (exact) mass is 233 g/mol. The van der Waals surface area contributed by atoms with Crippen LogP contribution in [0.15, 0.2) is 23.3 Å². The van der Waals surface area contributed by atoms with Crippen molar-refractivity contribution in [3.8, 4) is 0 Å². The molecule has 96 valence electrons. The number of rotatable bonds is 7. The van der Waals surface area contributed by atoms with Crippen molar-refractivity contribution in [2.24, 2.45) is 17.3 Å². The van der Waals surface area contributed by atoms with Gasteiger partial charge in [0.1, 0.15) is 5.41 Å². The van der Waals surface area contributed by atoms with Gasteiger partial charge in [-0.15, -0.1) is 0 Å². The second kappa shape index (κ2) is 5.80. The van der Waals surface area contributed by atoms with Crippen LogP contribution in [-0.4, -0.2) is 0 Å². The van der Waals surface area contributed by atoms with Crippen molar-refractivity contribution < 1.29 is 0 Å². The molecule has 0 heterocycles. The summed E-state index contributed by atoms with van der Waals surface area (Å²) in [6, 6.07) is 0. The minimum absolute atomic E-state index is 0.198. The molecule has 0 aliphatic heterocycles. The van der Waals surface area contributed by atoms with Gasteiger partial charge in [0, 0.05) is 5.92 Å². The Hall–Kier alpha value is -0.650. The van der Waals surface area contributed by atoms with Crippen LogP contribution in [0.5, 0.6) is 0 Å². The van der Waals surface area contributed by atoms with Crippen LogP contribution in [0.2, 0.25) is 0 Å². The van der Waals surface area contributed by atoms with Crippen LogP contribution in [0.4, 0.5) is 0 Å². The second-order valence-corrected chi connectivity index (χ2v) is 6.53. The Labute approximate surface area is 108 Å². The molecule has 2 atom stereocenters. The third-order valence-electron chi connectivity index (χ3n) is 3.62. The molecular formula is C17H29+. The van der Waals surface area contributed by atoms with Crippen molar-refractivity contribution in [2.45, 2.75) is 60.3 Å². The molecule has 1 rings (SSSR count). The summed E-state index contributed by atoms with van der Waals surface area (Å²) in [5.74, 6) is 1.50. The van der Waals surface area contributed by atoms with Gasteiger partial charge in [0.25, 0.3) is 0 Å². The van der Waals surface area contributed by atoms with Crippen molar-refractivity contribution in [3.05, 3.63) is 30.2 Å². The van der Waals surface area contributed by atoms with E-state index in [-0.39, 0.29) is 5.41 Å². The van der Waals surface area contributed by atoms with Crippen LogP contribution in [-0.2, 0) is 0 Å². The molecule has 1 aliphatic carbocycles. The first-order valence-corrected chi connectivity index (χ1v) is 7.06. The molecule has 0 saturated carbocycles. The summed E-state index contributed by atoms with van der Waals surface area (Å²) in [4.78, 5) is 0. The van der Waals surface area contributed by atoms with E-state index in [0.717, 1.165) is 5.92 Å². The SMILES string of the molecule is [CH2+]C(C)(C)CC(C)/C=C\CC1=C(C)C1CCC. The van der Waals surface area contributed by atoms with Gasteiger partial charge >= 0.3 is 0 Å². The Bertz CT molecular complexity index is 298. The molecule has 0 radical (unpaired) electrons. The van der Waals surface area contributed by atoms with Gasteiger partial charge in [0.15, 0.2) is 0 Å². The predicted octanol–water partition coefficient (Wildman–Crippen LogP) is 5.57. The lowest BCUT2D eigenvalue weighted by Crippen LogP contribution is -2.09. The molecule has 1 aliphatic rings. The van der Waals surface area contributed by atoms with Gasteiger partial charge in [-0.3, -0.25) is 0 Å². The lowest BCUT2D eigenvalue weighted by atomic mass is 9.85. The van der Waals surface area contributed by atoms with Crippen LogP contribution in [0, 0.1) is 24.2 Å². The maximum absolute atomic E-state index is 4.17. The van der Waals surface area contributed by atoms with E-state index in [2.05, 4.69) is 53.7 Å². The molecule has 0 nitrogen and oxygen atoms in total. The van der Waals surface area contributed by atoms with E-state index >= 15 is 0 Å². The Balaban J connectivity index is 2.27. The highest BCUT2D eigenvalue weighted by Crippen LogP contribution is 2.44. The van der Waals surface area contributed by atoms with E-state index in [0.29, 0.717) is 5.92 Å². The summed E-state index contributed by atoms with van der Waals surface area (Å²) < 4.78 is 0. The fourth-order valence-electron chi connectivity index (χ4n) is 2.81. The van der Waals surface area contributed by atoms with Crippen molar-refractivity contribution in [3.63, 3.8) is 0 Å². The van der Waals surface area contributed by atoms with Crippen molar-refractivity contribution in [2.75, 3.05) is 0 Å². The van der Waals surface area contributed by atoms with E-state index in [4.69, 9.17) is 0 Å². The normalized spacial score (nSPS) is 22.3. The summed E-state index contributed by atoms with van der Waals surface area (Å²) in [6.07, 6.45) is 9.75. The van der Waals surface area contributed by atoms with Crippen molar-refractivity contribution in [1.29, 1.82) is 0 Å². The van der Waals surface area contributed by atoms with E-state index in [1.54, 1.807) is 11.1 Å². The summed E-state index contributed by atoms with van der Waals surface area (Å²) in [5, 5.41) is 0. The average molecular weight is 233 g/mol. The molecule has 0 N–H and O–H groups in total. The number of hydrogen-bond acceptors (Lipinski definition) is 0. The summed E-state index contributed by atoms with van der Waals surface area (Å²) in [5.41, 5.74) is 3.55. The van der Waals surface area contributed by atoms with Gasteiger partial charge in [-0.05, 0) is 46.0 Å². The van der Waals surface area contributed by atoms with Crippen LogP contribution in [0.3, 0.4) is 0 Å². The van der Waals surface area contributed by atoms with Crippen molar-refractivity contribution in [1.82, 2.24) is 0 Å². The quantitative estimate of drug-likeness (QED) is 0.398. The van der Waals surface area contributed by atoms with E-state index in [1.165, 1.54) is 25.7 Å². The van der Waals surface area contributed by atoms with Crippen LogP contribution in [0.25, 0.3) is 0 Å². The van der Waals surface area contributed by atoms with E-state index in [9.17, 15) is 0 Å². The Morgan fingerprint density at radius 2 is 2.06 bits per heavy atom. The van der Waals surface area contributed by atoms with Gasteiger partial charge in [-0.2, -0.15) is 0 Å². The Morgan fingerprint density at radius 1 is 1.41 bits per heavy atom. The molecule has 17 heavy (non-hydrogen) atoms. The fourth-order valence-corrected chi connectivity index (χ4v) is 2.81. The van der Waals surface area contributed by atoms with Gasteiger partial charge in [0.05, 0.1) is 6.92 Å². The standard InChI is InChI=1S/C17H29/c1-7-9-15-14(3)16(15)11-8-10-13(2)12-17(4,5)6/h8,10,13,15H,4,7,9,11-12H2,1-3,5-6H3/q+1/b10-8-. The maximum Gasteiger partial charge on any atom is 0.100 e. The fraction of sp³-hybridized carbons (Fsp3) is 0.706. The molecule has 0 amide bonds. The Kier molecular flexibility index (Phi) is 4.91. The average Bonchev–Trinajstić information content (AvgIpc) is 2.75. The third-order valence-corrected chi connectivity index (χ3v) is 3.62. The first-order chi connectivity index (χ1) is 7.85. The zero-order chi connectivity index (χ0) is 13.1. The molecule has 0 aromatic carbocycles. The van der Waals surface area contributed by atoms with Crippen molar-refractivity contribution >= 4 is 0 Å². The van der Waals surface area contributed by atoms with Crippen LogP contribution in [0.1, 0.15) is 60.3 Å². The van der Waals surface area contributed by atoms with Gasteiger partial charge in [-0.25, -0.2) is 0 Å². The highest BCUT2D eigenvalue weighted by atomic mass is 14.3. The van der Waals surface area contributed by atoms with Crippen LogP contribution >= 0.6 is 0 Å². The molecule has 0 spiro atoms. The van der Waals surface area contributed by atoms with Gasteiger partial charge in [0.2, 0.25) is 0 Å². The summed E-state index contributed by atoms with van der Waals surface area (Å²) >= 11 is 0. The largest absolute Gasteiger partial charge is 0.100 e. The molecule has 2 unspecified atom stereocenters. The van der Waals surface area contributed by atoms with Gasteiger partial charge in [-0.1, -0.05) is 43.6 Å². The summed E-state index contributed by atoms with van der Waals surface area (Å²) in [7, 11) is 0. The van der Waals surface area contributed by atoms with E-state index < -0.39 is 0 Å². The minimum atomic E-state index is 0.198. The Morgan fingerprint density at radius 3 is 2.59 bits per heavy atom. The molecule has 0 heteroatoms. The zero-order valence-electron chi connectivity index (χ0n) is 12.3. The molecule has 0 aromatic rings. The topological polar surface area (TPSA) is 0 Å². The zero-order valence-corrected chi connectivity index (χ0v) is 12.3. The minimum Gasteiger partial charge on any atom is -0.0852 e.